The van der Waals surface area contributed by atoms with Crippen LogP contribution < -0.4 is 0 Å². The van der Waals surface area contributed by atoms with Crippen molar-refractivity contribution in [2.45, 2.75) is 6.61 Å². The van der Waals surface area contributed by atoms with Crippen molar-refractivity contribution in [2.24, 2.45) is 0 Å². The Morgan fingerprint density at radius 3 is 2.50 bits per heavy atom. The molecule has 0 amide bonds. The summed E-state index contributed by atoms with van der Waals surface area (Å²) in [6, 6.07) is 5.67. The third-order valence-electron chi connectivity index (χ3n) is 1.69. The van der Waals surface area contributed by atoms with Crippen LogP contribution in [0.2, 0.25) is 0 Å². The van der Waals surface area contributed by atoms with Gasteiger partial charge in [0.05, 0.1) is 0 Å². The number of hydrogen-bond donors (Lipinski definition) is 1. The Morgan fingerprint density at radius 2 is 1.93 bits per heavy atom. The van der Waals surface area contributed by atoms with Gasteiger partial charge in [0.25, 0.3) is 0 Å². The zero-order valence-corrected chi connectivity index (χ0v) is 7.14. The van der Waals surface area contributed by atoms with Gasteiger partial charge in [0.2, 0.25) is 11.8 Å². The summed E-state index contributed by atoms with van der Waals surface area (Å²) < 4.78 is 17.6. The normalized spacial score (nSPS) is 10.4. The standard InChI is InChI=1S/C9H7FN2O2/c10-7-3-1-6(2-4-7)9-12-11-8(5-13)14-9/h1-4,13H,5H2. The Hall–Kier alpha value is -1.75. The number of rotatable bonds is 2. The van der Waals surface area contributed by atoms with Crippen LogP contribution in [0.5, 0.6) is 0 Å². The smallest absolute Gasteiger partial charge is 0.247 e. The summed E-state index contributed by atoms with van der Waals surface area (Å²) in [6.07, 6.45) is 0. The Kier molecular flexibility index (Phi) is 2.24. The van der Waals surface area contributed by atoms with Crippen molar-refractivity contribution in [3.05, 3.63) is 36.0 Å². The van der Waals surface area contributed by atoms with E-state index in [9.17, 15) is 4.39 Å². The summed E-state index contributed by atoms with van der Waals surface area (Å²) >= 11 is 0. The van der Waals surface area contributed by atoms with Gasteiger partial charge in [-0.3, -0.25) is 0 Å². The van der Waals surface area contributed by atoms with Crippen molar-refractivity contribution < 1.29 is 13.9 Å². The average molecular weight is 194 g/mol. The number of halogens is 1. The molecule has 0 saturated heterocycles. The highest BCUT2D eigenvalue weighted by molar-refractivity contribution is 5.51. The molecule has 1 heterocycles. The van der Waals surface area contributed by atoms with Gasteiger partial charge < -0.3 is 9.52 Å². The molecule has 4 nitrogen and oxygen atoms in total. The highest BCUT2D eigenvalue weighted by Crippen LogP contribution is 2.17. The molecular weight excluding hydrogens is 187 g/mol. The molecule has 72 valence electrons. The first-order valence-electron chi connectivity index (χ1n) is 3.99. The molecule has 0 aliphatic carbocycles. The van der Waals surface area contributed by atoms with Crippen LogP contribution in [0.25, 0.3) is 11.5 Å². The lowest BCUT2D eigenvalue weighted by molar-refractivity contribution is 0.241. The van der Waals surface area contributed by atoms with E-state index in [4.69, 9.17) is 9.52 Å². The van der Waals surface area contributed by atoms with Crippen molar-refractivity contribution >= 4 is 0 Å². The molecule has 0 radical (unpaired) electrons. The minimum absolute atomic E-state index is 0.143. The molecule has 0 bridgehead atoms. The summed E-state index contributed by atoms with van der Waals surface area (Å²) in [5.41, 5.74) is 0.624. The summed E-state index contributed by atoms with van der Waals surface area (Å²) in [7, 11) is 0. The second kappa shape index (κ2) is 3.55. The van der Waals surface area contributed by atoms with E-state index in [1.165, 1.54) is 24.3 Å². The molecule has 0 saturated carbocycles. The lowest BCUT2D eigenvalue weighted by Gasteiger charge is -1.92. The van der Waals surface area contributed by atoms with E-state index < -0.39 is 0 Å². The van der Waals surface area contributed by atoms with Gasteiger partial charge in [0.15, 0.2) is 0 Å². The predicted octanol–water partition coefficient (Wildman–Crippen LogP) is 1.37. The summed E-state index contributed by atoms with van der Waals surface area (Å²) in [4.78, 5) is 0. The van der Waals surface area contributed by atoms with E-state index in [2.05, 4.69) is 10.2 Å². The Bertz CT molecular complexity index is 425. The maximum atomic E-state index is 12.6. The Labute approximate surface area is 79.0 Å². The first-order chi connectivity index (χ1) is 6.79. The van der Waals surface area contributed by atoms with Crippen LogP contribution in [-0.4, -0.2) is 15.3 Å². The monoisotopic (exact) mass is 194 g/mol. The molecule has 0 unspecified atom stereocenters. The number of nitrogens with zero attached hydrogens (tertiary/aromatic N) is 2. The molecule has 0 fully saturated rings. The highest BCUT2D eigenvalue weighted by atomic mass is 19.1. The molecule has 0 aliphatic rings. The van der Waals surface area contributed by atoms with Crippen molar-refractivity contribution in [3.8, 4) is 11.5 Å². The minimum atomic E-state index is -0.323. The van der Waals surface area contributed by atoms with Crippen LogP contribution in [0.1, 0.15) is 5.89 Å². The zero-order chi connectivity index (χ0) is 9.97. The van der Waals surface area contributed by atoms with Crippen LogP contribution in [0.15, 0.2) is 28.7 Å². The molecule has 14 heavy (non-hydrogen) atoms. The minimum Gasteiger partial charge on any atom is -0.418 e. The molecule has 0 spiro atoms. The van der Waals surface area contributed by atoms with Crippen molar-refractivity contribution in [1.82, 2.24) is 10.2 Å². The maximum Gasteiger partial charge on any atom is 0.247 e. The van der Waals surface area contributed by atoms with E-state index in [-0.39, 0.29) is 24.2 Å². The summed E-state index contributed by atoms with van der Waals surface area (Å²) in [5.74, 6) is 0.0917. The van der Waals surface area contributed by atoms with E-state index in [0.29, 0.717) is 5.56 Å². The fraction of sp³-hybridized carbons (Fsp3) is 0.111. The molecule has 0 aliphatic heterocycles. The van der Waals surface area contributed by atoms with Crippen LogP contribution >= 0.6 is 0 Å². The Morgan fingerprint density at radius 1 is 1.21 bits per heavy atom. The molecular formula is C9H7FN2O2. The lowest BCUT2D eigenvalue weighted by atomic mass is 10.2. The number of aliphatic hydroxyl groups excluding tert-OH is 1. The number of aliphatic hydroxyl groups is 1. The molecule has 2 rings (SSSR count). The highest BCUT2D eigenvalue weighted by Gasteiger charge is 2.06. The van der Waals surface area contributed by atoms with Gasteiger partial charge in [-0.05, 0) is 24.3 Å². The molecule has 1 aromatic carbocycles. The van der Waals surface area contributed by atoms with Gasteiger partial charge in [-0.2, -0.15) is 0 Å². The average Bonchev–Trinajstić information content (AvgIpc) is 2.67. The number of benzene rings is 1. The van der Waals surface area contributed by atoms with Crippen LogP contribution in [-0.2, 0) is 6.61 Å². The maximum absolute atomic E-state index is 12.6. The third-order valence-corrected chi connectivity index (χ3v) is 1.69. The topological polar surface area (TPSA) is 59.2 Å². The fourth-order valence-electron chi connectivity index (χ4n) is 1.03. The van der Waals surface area contributed by atoms with E-state index in [1.54, 1.807) is 0 Å². The van der Waals surface area contributed by atoms with Gasteiger partial charge in [-0.1, -0.05) is 0 Å². The predicted molar refractivity (Wildman–Crippen MR) is 45.6 cm³/mol. The fourth-order valence-corrected chi connectivity index (χ4v) is 1.03. The molecule has 2 aromatic rings. The van der Waals surface area contributed by atoms with Crippen molar-refractivity contribution in [3.63, 3.8) is 0 Å². The first kappa shape index (κ1) is 8.83. The molecule has 1 aromatic heterocycles. The number of hydrogen-bond acceptors (Lipinski definition) is 4. The van der Waals surface area contributed by atoms with Gasteiger partial charge in [-0.25, -0.2) is 4.39 Å². The summed E-state index contributed by atoms with van der Waals surface area (Å²) in [5, 5.41) is 15.9. The van der Waals surface area contributed by atoms with Crippen LogP contribution in [0, 0.1) is 5.82 Å². The van der Waals surface area contributed by atoms with Crippen molar-refractivity contribution in [2.75, 3.05) is 0 Å². The van der Waals surface area contributed by atoms with Crippen molar-refractivity contribution in [1.29, 1.82) is 0 Å². The second-order valence-electron chi connectivity index (χ2n) is 2.67. The first-order valence-corrected chi connectivity index (χ1v) is 3.99. The zero-order valence-electron chi connectivity index (χ0n) is 7.14. The largest absolute Gasteiger partial charge is 0.418 e. The molecule has 5 heteroatoms. The van der Waals surface area contributed by atoms with Gasteiger partial charge in [0, 0.05) is 5.56 Å². The van der Waals surface area contributed by atoms with Gasteiger partial charge in [0.1, 0.15) is 12.4 Å². The van der Waals surface area contributed by atoms with E-state index in [0.717, 1.165) is 0 Å². The lowest BCUT2D eigenvalue weighted by Crippen LogP contribution is -1.79. The SMILES string of the molecule is OCc1nnc(-c2ccc(F)cc2)o1. The second-order valence-corrected chi connectivity index (χ2v) is 2.67. The van der Waals surface area contributed by atoms with Gasteiger partial charge in [-0.15, -0.1) is 10.2 Å². The summed E-state index contributed by atoms with van der Waals surface area (Å²) in [6.45, 7) is -0.297. The number of aromatic nitrogens is 2. The van der Waals surface area contributed by atoms with Gasteiger partial charge >= 0.3 is 0 Å². The Balaban J connectivity index is 2.34. The van der Waals surface area contributed by atoms with Crippen LogP contribution in [0.4, 0.5) is 4.39 Å². The molecule has 1 N–H and O–H groups in total. The van der Waals surface area contributed by atoms with Crippen LogP contribution in [0.3, 0.4) is 0 Å². The van der Waals surface area contributed by atoms with E-state index in [1.807, 2.05) is 0 Å². The third kappa shape index (κ3) is 1.62. The quantitative estimate of drug-likeness (QED) is 0.784. The molecule has 0 atom stereocenters. The van der Waals surface area contributed by atoms with E-state index >= 15 is 0 Å².